The van der Waals surface area contributed by atoms with Crippen LogP contribution < -0.4 is 4.74 Å². The zero-order valence-corrected chi connectivity index (χ0v) is 12.0. The van der Waals surface area contributed by atoms with Crippen molar-refractivity contribution in [2.24, 2.45) is 0 Å². The van der Waals surface area contributed by atoms with E-state index in [4.69, 9.17) is 10.00 Å². The van der Waals surface area contributed by atoms with Gasteiger partial charge in [0, 0.05) is 10.9 Å². The van der Waals surface area contributed by atoms with Gasteiger partial charge in [-0.1, -0.05) is 29.8 Å². The van der Waals surface area contributed by atoms with Gasteiger partial charge in [0.05, 0.1) is 12.7 Å². The van der Waals surface area contributed by atoms with Gasteiger partial charge in [0.2, 0.25) is 0 Å². The van der Waals surface area contributed by atoms with Crippen LogP contribution in [0.5, 0.6) is 5.75 Å². The molecule has 0 spiro atoms. The van der Waals surface area contributed by atoms with Crippen molar-refractivity contribution in [1.29, 1.82) is 5.26 Å². The third-order valence-electron chi connectivity index (χ3n) is 2.53. The minimum atomic E-state index is 0.446. The van der Waals surface area contributed by atoms with Crippen molar-refractivity contribution in [2.45, 2.75) is 39.0 Å². The monoisotopic (exact) mass is 295 g/mol. The van der Waals surface area contributed by atoms with Crippen molar-refractivity contribution >= 4 is 15.9 Å². The van der Waals surface area contributed by atoms with Gasteiger partial charge in [0.1, 0.15) is 5.75 Å². The quantitative estimate of drug-likeness (QED) is 0.716. The van der Waals surface area contributed by atoms with Crippen LogP contribution in [-0.4, -0.2) is 6.61 Å². The number of nitrogens with zero attached hydrogens (tertiary/aromatic N) is 1. The molecule has 0 atom stereocenters. The molecule has 0 saturated heterocycles. The lowest BCUT2D eigenvalue weighted by Gasteiger charge is -2.14. The number of halogens is 1. The average Bonchev–Trinajstić information content (AvgIpc) is 2.30. The van der Waals surface area contributed by atoms with Crippen LogP contribution in [0.1, 0.15) is 44.6 Å². The van der Waals surface area contributed by atoms with Crippen molar-refractivity contribution in [3.05, 3.63) is 28.2 Å². The molecule has 0 unspecified atom stereocenters. The molecule has 0 aliphatic heterocycles. The van der Waals surface area contributed by atoms with Crippen LogP contribution in [0.15, 0.2) is 22.7 Å². The Morgan fingerprint density at radius 2 is 2.12 bits per heavy atom. The summed E-state index contributed by atoms with van der Waals surface area (Å²) in [7, 11) is 0. The molecule has 0 radical (unpaired) electrons. The second-order valence-corrected chi connectivity index (χ2v) is 5.22. The maximum Gasteiger partial charge on any atom is 0.122 e. The molecule has 2 nitrogen and oxygen atoms in total. The molecule has 17 heavy (non-hydrogen) atoms. The fraction of sp³-hybridized carbons (Fsp3) is 0.500. The van der Waals surface area contributed by atoms with Crippen LogP contribution in [0.25, 0.3) is 0 Å². The molecular weight excluding hydrogens is 278 g/mol. The van der Waals surface area contributed by atoms with Crippen LogP contribution in [0.2, 0.25) is 0 Å². The molecule has 0 aliphatic carbocycles. The number of rotatable bonds is 6. The van der Waals surface area contributed by atoms with E-state index in [1.165, 1.54) is 5.56 Å². The van der Waals surface area contributed by atoms with Gasteiger partial charge in [-0.25, -0.2) is 0 Å². The standard InChI is InChI=1S/C14H18BrNO/c1-11(2)13-10-12(15)6-7-14(13)17-9-5-3-4-8-16/h6-7,10-11H,3-5,9H2,1-2H3. The number of hydrogen-bond acceptors (Lipinski definition) is 2. The summed E-state index contributed by atoms with van der Waals surface area (Å²) < 4.78 is 6.85. The fourth-order valence-corrected chi connectivity index (χ4v) is 1.97. The summed E-state index contributed by atoms with van der Waals surface area (Å²) in [6.07, 6.45) is 2.45. The van der Waals surface area contributed by atoms with E-state index >= 15 is 0 Å². The summed E-state index contributed by atoms with van der Waals surface area (Å²) in [6.45, 7) is 5.00. The Hall–Kier alpha value is -1.01. The molecular formula is C14H18BrNO. The molecule has 1 rings (SSSR count). The molecule has 3 heteroatoms. The van der Waals surface area contributed by atoms with Crippen LogP contribution in [0, 0.1) is 11.3 Å². The molecule has 0 fully saturated rings. The van der Waals surface area contributed by atoms with E-state index in [2.05, 4.69) is 41.9 Å². The lowest BCUT2D eigenvalue weighted by Crippen LogP contribution is -2.01. The summed E-state index contributed by atoms with van der Waals surface area (Å²) in [5.74, 6) is 1.40. The highest BCUT2D eigenvalue weighted by Crippen LogP contribution is 2.29. The van der Waals surface area contributed by atoms with Crippen molar-refractivity contribution < 1.29 is 4.74 Å². The Balaban J connectivity index is 2.55. The van der Waals surface area contributed by atoms with Gasteiger partial charge in [-0.05, 0) is 42.5 Å². The highest BCUT2D eigenvalue weighted by molar-refractivity contribution is 9.10. The van der Waals surface area contributed by atoms with Crippen LogP contribution in [0.3, 0.4) is 0 Å². The maximum atomic E-state index is 8.43. The van der Waals surface area contributed by atoms with E-state index in [-0.39, 0.29) is 0 Å². The van der Waals surface area contributed by atoms with E-state index in [9.17, 15) is 0 Å². The van der Waals surface area contributed by atoms with Gasteiger partial charge in [0.25, 0.3) is 0 Å². The second-order valence-electron chi connectivity index (χ2n) is 4.30. The first-order chi connectivity index (χ1) is 8.15. The molecule has 0 aliphatic rings. The van der Waals surface area contributed by atoms with E-state index in [1.54, 1.807) is 0 Å². The van der Waals surface area contributed by atoms with Crippen molar-refractivity contribution in [3.8, 4) is 11.8 Å². The minimum Gasteiger partial charge on any atom is -0.493 e. The Morgan fingerprint density at radius 1 is 1.35 bits per heavy atom. The van der Waals surface area contributed by atoms with Gasteiger partial charge in [-0.15, -0.1) is 0 Å². The zero-order valence-electron chi connectivity index (χ0n) is 10.4. The molecule has 1 aromatic rings. The van der Waals surface area contributed by atoms with Crippen molar-refractivity contribution in [1.82, 2.24) is 0 Å². The summed E-state index contributed by atoms with van der Waals surface area (Å²) in [5, 5.41) is 8.43. The Morgan fingerprint density at radius 3 is 2.76 bits per heavy atom. The Labute approximate surface area is 112 Å². The number of nitriles is 1. The molecule has 0 N–H and O–H groups in total. The number of hydrogen-bond donors (Lipinski definition) is 0. The molecule has 1 aromatic carbocycles. The van der Waals surface area contributed by atoms with Crippen molar-refractivity contribution in [3.63, 3.8) is 0 Å². The highest BCUT2D eigenvalue weighted by Gasteiger charge is 2.08. The summed E-state index contributed by atoms with van der Waals surface area (Å²) in [5.41, 5.74) is 1.22. The average molecular weight is 296 g/mol. The molecule has 0 amide bonds. The normalized spacial score (nSPS) is 10.3. The Bertz CT molecular complexity index is 396. The smallest absolute Gasteiger partial charge is 0.122 e. The first kappa shape index (κ1) is 14.1. The maximum absolute atomic E-state index is 8.43. The SMILES string of the molecule is CC(C)c1cc(Br)ccc1OCCCCC#N. The highest BCUT2D eigenvalue weighted by atomic mass is 79.9. The topological polar surface area (TPSA) is 33.0 Å². The molecule has 0 aromatic heterocycles. The van der Waals surface area contributed by atoms with Gasteiger partial charge in [-0.3, -0.25) is 0 Å². The van der Waals surface area contributed by atoms with Gasteiger partial charge in [0.15, 0.2) is 0 Å². The van der Waals surface area contributed by atoms with Gasteiger partial charge >= 0.3 is 0 Å². The lowest BCUT2D eigenvalue weighted by molar-refractivity contribution is 0.303. The molecule has 0 bridgehead atoms. The summed E-state index contributed by atoms with van der Waals surface area (Å²) in [6, 6.07) is 8.25. The third kappa shape index (κ3) is 4.79. The molecule has 92 valence electrons. The second kappa shape index (κ2) is 7.34. The lowest BCUT2D eigenvalue weighted by atomic mass is 10.0. The predicted molar refractivity (Wildman–Crippen MR) is 73.2 cm³/mol. The van der Waals surface area contributed by atoms with Gasteiger partial charge in [-0.2, -0.15) is 5.26 Å². The minimum absolute atomic E-state index is 0.446. The van der Waals surface area contributed by atoms with E-state index in [0.29, 0.717) is 18.9 Å². The summed E-state index contributed by atoms with van der Waals surface area (Å²) in [4.78, 5) is 0. The first-order valence-electron chi connectivity index (χ1n) is 5.94. The molecule has 0 heterocycles. The predicted octanol–water partition coefficient (Wildman–Crippen LogP) is 4.65. The number of unbranched alkanes of at least 4 members (excludes halogenated alkanes) is 2. The van der Waals surface area contributed by atoms with Crippen molar-refractivity contribution in [2.75, 3.05) is 6.61 Å². The fourth-order valence-electron chi connectivity index (χ4n) is 1.59. The summed E-state index contributed by atoms with van der Waals surface area (Å²) >= 11 is 3.48. The molecule has 0 saturated carbocycles. The van der Waals surface area contributed by atoms with E-state index < -0.39 is 0 Å². The Kier molecular flexibility index (Phi) is 6.07. The van der Waals surface area contributed by atoms with Gasteiger partial charge < -0.3 is 4.74 Å². The first-order valence-corrected chi connectivity index (χ1v) is 6.73. The third-order valence-corrected chi connectivity index (χ3v) is 3.03. The van der Waals surface area contributed by atoms with Crippen LogP contribution >= 0.6 is 15.9 Å². The van der Waals surface area contributed by atoms with Crippen LogP contribution in [0.4, 0.5) is 0 Å². The number of ether oxygens (including phenoxy) is 1. The largest absolute Gasteiger partial charge is 0.493 e. The zero-order chi connectivity index (χ0) is 12.7. The number of benzene rings is 1. The van der Waals surface area contributed by atoms with E-state index in [0.717, 1.165) is 23.1 Å². The van der Waals surface area contributed by atoms with E-state index in [1.807, 2.05) is 12.1 Å². The van der Waals surface area contributed by atoms with Crippen LogP contribution in [-0.2, 0) is 0 Å².